The summed E-state index contributed by atoms with van der Waals surface area (Å²) in [7, 11) is 0. The first kappa shape index (κ1) is 28.6. The minimum Gasteiger partial charge on any atom is -0.356 e. The van der Waals surface area contributed by atoms with Crippen molar-refractivity contribution in [3.63, 3.8) is 0 Å². The van der Waals surface area contributed by atoms with Gasteiger partial charge in [-0.05, 0) is 36.5 Å². The van der Waals surface area contributed by atoms with E-state index in [2.05, 4.69) is 22.0 Å². The number of nitrogens with zero attached hydrogens (tertiary/aromatic N) is 2. The van der Waals surface area contributed by atoms with Crippen molar-refractivity contribution in [2.75, 3.05) is 13.1 Å². The normalized spacial score (nSPS) is 25.5. The van der Waals surface area contributed by atoms with E-state index in [1.165, 1.54) is 0 Å². The lowest BCUT2D eigenvalue weighted by Crippen LogP contribution is -2.58. The summed E-state index contributed by atoms with van der Waals surface area (Å²) in [4.78, 5) is 53.6. The molecule has 2 heterocycles. The Bertz CT molecular complexity index is 870. The van der Waals surface area contributed by atoms with E-state index in [9.17, 15) is 24.4 Å². The predicted molar refractivity (Wildman–Crippen MR) is 133 cm³/mol. The number of likely N-dealkylation sites (tertiary alicyclic amines) is 1. The third-order valence-electron chi connectivity index (χ3n) is 7.44. The van der Waals surface area contributed by atoms with Gasteiger partial charge in [0, 0.05) is 24.4 Å². The third-order valence-corrected chi connectivity index (χ3v) is 7.44. The van der Waals surface area contributed by atoms with Crippen molar-refractivity contribution in [2.45, 2.75) is 92.8 Å². The first-order valence-electron chi connectivity index (χ1n) is 12.7. The van der Waals surface area contributed by atoms with E-state index in [1.807, 2.05) is 34.6 Å². The van der Waals surface area contributed by atoms with Crippen LogP contribution in [0.5, 0.6) is 0 Å². The molecular weight excluding hydrogens is 446 g/mol. The molecule has 9 heteroatoms. The molecule has 35 heavy (non-hydrogen) atoms. The van der Waals surface area contributed by atoms with Gasteiger partial charge in [0.15, 0.2) is 0 Å². The maximum atomic E-state index is 13.8. The van der Waals surface area contributed by atoms with Gasteiger partial charge in [0.1, 0.15) is 18.1 Å². The number of nitriles is 1. The average Bonchev–Trinajstić information content (AvgIpc) is 3.24. The fourth-order valence-corrected chi connectivity index (χ4v) is 4.82. The molecule has 0 aromatic carbocycles. The minimum atomic E-state index is -0.827. The fraction of sp³-hybridized carbons (Fsp3) is 0.808. The highest BCUT2D eigenvalue weighted by atomic mass is 16.2. The van der Waals surface area contributed by atoms with Gasteiger partial charge in [-0.15, -0.1) is 0 Å². The van der Waals surface area contributed by atoms with Crippen molar-refractivity contribution in [2.24, 2.45) is 28.6 Å². The molecule has 2 aliphatic heterocycles. The van der Waals surface area contributed by atoms with Crippen molar-refractivity contribution in [1.82, 2.24) is 20.9 Å². The third kappa shape index (κ3) is 6.74. The van der Waals surface area contributed by atoms with E-state index in [-0.39, 0.29) is 41.9 Å². The van der Waals surface area contributed by atoms with Gasteiger partial charge >= 0.3 is 0 Å². The zero-order valence-electron chi connectivity index (χ0n) is 22.5. The van der Waals surface area contributed by atoms with Crippen molar-refractivity contribution in [3.8, 4) is 6.07 Å². The van der Waals surface area contributed by atoms with Crippen LogP contribution < -0.4 is 16.0 Å². The summed E-state index contributed by atoms with van der Waals surface area (Å²) in [5.41, 5.74) is -1.20. The second kappa shape index (κ2) is 11.0. The Labute approximate surface area is 209 Å². The van der Waals surface area contributed by atoms with E-state index >= 15 is 0 Å². The fourth-order valence-electron chi connectivity index (χ4n) is 4.82. The zero-order chi connectivity index (χ0) is 26.7. The van der Waals surface area contributed by atoms with E-state index in [0.29, 0.717) is 25.9 Å². The Hall–Kier alpha value is -2.63. The lowest BCUT2D eigenvalue weighted by Gasteiger charge is -2.35. The molecule has 9 nitrogen and oxygen atoms in total. The highest BCUT2D eigenvalue weighted by Gasteiger charge is 2.52. The molecule has 0 aromatic heterocycles. The van der Waals surface area contributed by atoms with Crippen LogP contribution in [-0.4, -0.2) is 59.7 Å². The summed E-state index contributed by atoms with van der Waals surface area (Å²) in [6, 6.07) is -0.257. The summed E-state index contributed by atoms with van der Waals surface area (Å²) in [5, 5.41) is 18.1. The van der Waals surface area contributed by atoms with Crippen LogP contribution in [0.1, 0.15) is 74.7 Å². The monoisotopic (exact) mass is 489 g/mol. The van der Waals surface area contributed by atoms with Gasteiger partial charge in [-0.3, -0.25) is 19.2 Å². The average molecular weight is 490 g/mol. The van der Waals surface area contributed by atoms with Crippen molar-refractivity contribution < 1.29 is 19.2 Å². The van der Waals surface area contributed by atoms with Gasteiger partial charge in [0.25, 0.3) is 0 Å². The first-order valence-corrected chi connectivity index (χ1v) is 12.7. The van der Waals surface area contributed by atoms with Crippen LogP contribution in [0.3, 0.4) is 0 Å². The Balaban J connectivity index is 2.27. The number of amides is 4. The molecular formula is C26H43N5O4. The highest BCUT2D eigenvalue weighted by Crippen LogP contribution is 2.41. The Morgan fingerprint density at radius 1 is 1.23 bits per heavy atom. The quantitative estimate of drug-likeness (QED) is 0.480. The molecule has 0 aromatic rings. The largest absolute Gasteiger partial charge is 0.356 e. The maximum absolute atomic E-state index is 13.8. The van der Waals surface area contributed by atoms with Crippen LogP contribution in [0, 0.1) is 39.9 Å². The molecule has 4 amide bonds. The molecule has 0 radical (unpaired) electrons. The number of hydrogen-bond acceptors (Lipinski definition) is 5. The van der Waals surface area contributed by atoms with Crippen LogP contribution in [0.4, 0.5) is 0 Å². The molecule has 0 spiro atoms. The lowest BCUT2D eigenvalue weighted by atomic mass is 9.77. The number of carbonyl (C=O) groups excluding carboxylic acids is 4. The van der Waals surface area contributed by atoms with E-state index in [0.717, 1.165) is 0 Å². The van der Waals surface area contributed by atoms with Gasteiger partial charge in [0.2, 0.25) is 23.6 Å². The molecule has 5 atom stereocenters. The molecule has 0 saturated carbocycles. The van der Waals surface area contributed by atoms with Gasteiger partial charge in [-0.2, -0.15) is 5.26 Å². The summed E-state index contributed by atoms with van der Waals surface area (Å²) in [6.07, 6.45) is 1.33. The van der Waals surface area contributed by atoms with E-state index in [4.69, 9.17) is 0 Å². The summed E-state index contributed by atoms with van der Waals surface area (Å²) in [6.45, 7) is 16.2. The smallest absolute Gasteiger partial charge is 0.245 e. The van der Waals surface area contributed by atoms with Crippen molar-refractivity contribution >= 4 is 23.6 Å². The Morgan fingerprint density at radius 3 is 2.34 bits per heavy atom. The topological polar surface area (TPSA) is 131 Å². The van der Waals surface area contributed by atoms with Gasteiger partial charge in [-0.1, -0.05) is 55.4 Å². The van der Waals surface area contributed by atoms with E-state index in [1.54, 1.807) is 25.7 Å². The second-order valence-electron chi connectivity index (χ2n) is 12.2. The van der Waals surface area contributed by atoms with Crippen LogP contribution in [0.2, 0.25) is 0 Å². The maximum Gasteiger partial charge on any atom is 0.245 e. The van der Waals surface area contributed by atoms with Crippen LogP contribution in [0.15, 0.2) is 0 Å². The zero-order valence-corrected chi connectivity index (χ0v) is 22.5. The minimum absolute atomic E-state index is 0.0290. The van der Waals surface area contributed by atoms with Gasteiger partial charge < -0.3 is 20.9 Å². The van der Waals surface area contributed by atoms with Gasteiger partial charge in [0.05, 0.1) is 6.07 Å². The summed E-state index contributed by atoms with van der Waals surface area (Å²) >= 11 is 0. The molecule has 2 fully saturated rings. The molecule has 2 aliphatic rings. The Morgan fingerprint density at radius 2 is 1.86 bits per heavy atom. The van der Waals surface area contributed by atoms with Crippen molar-refractivity contribution in [3.05, 3.63) is 0 Å². The second-order valence-corrected chi connectivity index (χ2v) is 12.2. The Kier molecular flexibility index (Phi) is 8.96. The molecule has 0 aliphatic carbocycles. The molecule has 2 rings (SSSR count). The predicted octanol–water partition coefficient (Wildman–Crippen LogP) is 1.97. The SMILES string of the molecule is CC(C)C[C@H](NC(=O)C(C)(C)C)C(=O)N1C[C@@H](C)C(C)(C)[C@H]1C(=O)N[C@H](C#N)C[C@@H]1CCNC1=O. The van der Waals surface area contributed by atoms with Crippen LogP contribution in [-0.2, 0) is 19.2 Å². The highest BCUT2D eigenvalue weighted by molar-refractivity contribution is 5.94. The standard InChI is InChI=1S/C26H43N5O4/c1-15(2)11-19(30-24(35)25(4,5)6)23(34)31-14-16(3)26(7,8)20(31)22(33)29-18(13-27)12-17-9-10-28-21(17)32/h15-20H,9-12,14H2,1-8H3,(H,28,32)(H,29,33)(H,30,35)/t16-,17+,18+,19+,20-/m1/s1. The summed E-state index contributed by atoms with van der Waals surface area (Å²) in [5.74, 6) is -1.12. The lowest BCUT2D eigenvalue weighted by molar-refractivity contribution is -0.144. The van der Waals surface area contributed by atoms with Crippen LogP contribution >= 0.6 is 0 Å². The molecule has 196 valence electrons. The number of nitrogens with one attached hydrogen (secondary N) is 3. The molecule has 0 bridgehead atoms. The van der Waals surface area contributed by atoms with E-state index < -0.39 is 34.9 Å². The number of carbonyl (C=O) groups is 4. The van der Waals surface area contributed by atoms with Gasteiger partial charge in [-0.25, -0.2) is 0 Å². The number of hydrogen-bond donors (Lipinski definition) is 3. The van der Waals surface area contributed by atoms with Crippen molar-refractivity contribution in [1.29, 1.82) is 5.26 Å². The summed E-state index contributed by atoms with van der Waals surface area (Å²) < 4.78 is 0. The molecule has 0 unspecified atom stereocenters. The first-order chi connectivity index (χ1) is 16.1. The van der Waals surface area contributed by atoms with Crippen LogP contribution in [0.25, 0.3) is 0 Å². The molecule has 3 N–H and O–H groups in total. The number of rotatable bonds is 8. The molecule has 2 saturated heterocycles.